The Morgan fingerprint density at radius 2 is 1.80 bits per heavy atom. The fourth-order valence-electron chi connectivity index (χ4n) is 2.78. The summed E-state index contributed by atoms with van der Waals surface area (Å²) in [5.41, 5.74) is 0. The van der Waals surface area contributed by atoms with Gasteiger partial charge in [-0.2, -0.15) is 9.97 Å². The molecule has 1 fully saturated rings. The van der Waals surface area contributed by atoms with E-state index in [0.717, 1.165) is 26.2 Å². The van der Waals surface area contributed by atoms with E-state index in [1.165, 1.54) is 17.8 Å². The first-order valence-corrected chi connectivity index (χ1v) is 10.2. The summed E-state index contributed by atoms with van der Waals surface area (Å²) in [5.74, 6) is 1.46. The van der Waals surface area contributed by atoms with E-state index < -0.39 is 0 Å². The summed E-state index contributed by atoms with van der Waals surface area (Å²) in [6.07, 6.45) is 4.64. The number of carbonyl (C=O) groups excluding carboxylic acids is 1. The van der Waals surface area contributed by atoms with Gasteiger partial charge in [-0.1, -0.05) is 6.08 Å². The number of hydrogen-bond acceptors (Lipinski definition) is 10. The highest BCUT2D eigenvalue weighted by atomic mass is 32.2. The second kappa shape index (κ2) is 10.2. The Balaban J connectivity index is 1.86. The van der Waals surface area contributed by atoms with Crippen molar-refractivity contribution >= 4 is 29.4 Å². The lowest BCUT2D eigenvalue weighted by atomic mass is 10.3. The largest absolute Gasteiger partial charge is 0.480 e. The van der Waals surface area contributed by atoms with E-state index in [9.17, 15) is 4.79 Å². The van der Waals surface area contributed by atoms with Gasteiger partial charge < -0.3 is 24.6 Å². The van der Waals surface area contributed by atoms with Crippen LogP contribution >= 0.6 is 11.8 Å². The smallest absolute Gasteiger partial charge is 0.249 e. The monoisotopic (exact) mass is 431 g/mol. The van der Waals surface area contributed by atoms with Crippen molar-refractivity contribution in [3.05, 3.63) is 24.4 Å². The lowest BCUT2D eigenvalue weighted by molar-refractivity contribution is -0.111. The van der Waals surface area contributed by atoms with Crippen molar-refractivity contribution in [2.24, 2.45) is 0 Å². The minimum atomic E-state index is -0.262. The van der Waals surface area contributed by atoms with Crippen LogP contribution in [0.5, 0.6) is 11.8 Å². The highest BCUT2D eigenvalue weighted by Crippen LogP contribution is 2.39. The molecular weight excluding hydrogens is 406 g/mol. The average Bonchev–Trinajstić information content (AvgIpc) is 2.74. The van der Waals surface area contributed by atoms with E-state index in [-0.39, 0.29) is 5.91 Å². The van der Waals surface area contributed by atoms with Gasteiger partial charge in [-0.25, -0.2) is 9.97 Å². The van der Waals surface area contributed by atoms with E-state index in [2.05, 4.69) is 42.1 Å². The standard InChI is InChI=1S/C19H25N7O3S/c1-5-6-14(27)21-13-7-8-20-19(22-13)30-15-16(28-3)23-18(24-17(15)29-4)26-11-9-25(2)10-12-26/h5-8H,9-12H2,1-4H3,(H,20,21,22,27). The number of anilines is 2. The zero-order chi connectivity index (χ0) is 21.5. The summed E-state index contributed by atoms with van der Waals surface area (Å²) >= 11 is 1.21. The maximum atomic E-state index is 11.8. The third-order valence-corrected chi connectivity index (χ3v) is 5.29. The number of carbonyl (C=O) groups is 1. The number of likely N-dealkylation sites (N-methyl/N-ethyl adjacent to an activating group) is 1. The van der Waals surface area contributed by atoms with Gasteiger partial charge in [-0.15, -0.1) is 0 Å². The third kappa shape index (κ3) is 5.36. The molecule has 1 aliphatic rings. The number of amides is 1. The molecule has 0 radical (unpaired) electrons. The van der Waals surface area contributed by atoms with E-state index in [4.69, 9.17) is 9.47 Å². The van der Waals surface area contributed by atoms with Crippen LogP contribution in [-0.2, 0) is 4.79 Å². The zero-order valence-electron chi connectivity index (χ0n) is 17.5. The van der Waals surface area contributed by atoms with Gasteiger partial charge in [0.05, 0.1) is 14.2 Å². The van der Waals surface area contributed by atoms with Gasteiger partial charge in [0.2, 0.25) is 23.6 Å². The minimum absolute atomic E-state index is 0.262. The van der Waals surface area contributed by atoms with Gasteiger partial charge in [0.1, 0.15) is 10.7 Å². The Kier molecular flexibility index (Phi) is 7.41. The van der Waals surface area contributed by atoms with Gasteiger partial charge in [0.15, 0.2) is 5.16 Å². The van der Waals surface area contributed by atoms with Crippen molar-refractivity contribution in [3.8, 4) is 11.8 Å². The fourth-order valence-corrected chi connectivity index (χ4v) is 3.65. The molecule has 0 saturated carbocycles. The molecule has 1 amide bonds. The molecule has 3 rings (SSSR count). The lowest BCUT2D eigenvalue weighted by Crippen LogP contribution is -2.45. The van der Waals surface area contributed by atoms with Crippen LogP contribution in [0.2, 0.25) is 0 Å². The van der Waals surface area contributed by atoms with E-state index >= 15 is 0 Å². The molecule has 0 aliphatic carbocycles. The molecule has 0 atom stereocenters. The molecule has 1 N–H and O–H groups in total. The number of allylic oxidation sites excluding steroid dienone is 1. The molecule has 0 aromatic carbocycles. The van der Waals surface area contributed by atoms with Gasteiger partial charge >= 0.3 is 0 Å². The summed E-state index contributed by atoms with van der Waals surface area (Å²) in [4.78, 5) is 34.5. The van der Waals surface area contributed by atoms with E-state index in [1.54, 1.807) is 39.5 Å². The Bertz CT molecular complexity index is 892. The topological polar surface area (TPSA) is 106 Å². The number of methoxy groups -OCH3 is 2. The summed E-state index contributed by atoms with van der Waals surface area (Å²) in [6, 6.07) is 1.62. The van der Waals surface area contributed by atoms with Crippen LogP contribution in [0, 0.1) is 0 Å². The third-order valence-electron chi connectivity index (χ3n) is 4.36. The van der Waals surface area contributed by atoms with Crippen molar-refractivity contribution in [2.45, 2.75) is 17.0 Å². The summed E-state index contributed by atoms with van der Waals surface area (Å²) in [7, 11) is 5.19. The Labute approximate surface area is 179 Å². The molecule has 0 spiro atoms. The molecule has 0 bridgehead atoms. The molecule has 2 aromatic rings. The van der Waals surface area contributed by atoms with Gasteiger partial charge in [-0.05, 0) is 37.9 Å². The number of nitrogens with one attached hydrogen (secondary N) is 1. The number of aromatic nitrogens is 4. The predicted molar refractivity (Wildman–Crippen MR) is 114 cm³/mol. The van der Waals surface area contributed by atoms with Crippen LogP contribution in [0.3, 0.4) is 0 Å². The summed E-state index contributed by atoms with van der Waals surface area (Å²) in [6.45, 7) is 5.29. The van der Waals surface area contributed by atoms with Crippen molar-refractivity contribution in [1.82, 2.24) is 24.8 Å². The number of piperazine rings is 1. The molecule has 10 nitrogen and oxygen atoms in total. The maximum absolute atomic E-state index is 11.8. The second-order valence-electron chi connectivity index (χ2n) is 6.48. The van der Waals surface area contributed by atoms with Crippen LogP contribution in [0.25, 0.3) is 0 Å². The van der Waals surface area contributed by atoms with Crippen LogP contribution in [-0.4, -0.2) is 78.2 Å². The van der Waals surface area contributed by atoms with Crippen molar-refractivity contribution < 1.29 is 14.3 Å². The normalized spacial score (nSPS) is 14.7. The predicted octanol–water partition coefficient (Wildman–Crippen LogP) is 1.70. The number of hydrogen-bond donors (Lipinski definition) is 1. The van der Waals surface area contributed by atoms with Crippen LogP contribution < -0.4 is 19.7 Å². The molecule has 3 heterocycles. The summed E-state index contributed by atoms with van der Waals surface area (Å²) < 4.78 is 11.0. The SMILES string of the molecule is CC=CC(=O)Nc1ccnc(Sc2c(OC)nc(N3CCN(C)CC3)nc2OC)n1. The maximum Gasteiger partial charge on any atom is 0.249 e. The number of ether oxygens (including phenoxy) is 2. The highest BCUT2D eigenvalue weighted by molar-refractivity contribution is 7.99. The first-order chi connectivity index (χ1) is 14.5. The Morgan fingerprint density at radius 1 is 1.13 bits per heavy atom. The number of rotatable bonds is 7. The molecular formula is C19H25N7O3S. The molecule has 30 heavy (non-hydrogen) atoms. The average molecular weight is 432 g/mol. The molecule has 0 unspecified atom stereocenters. The zero-order valence-corrected chi connectivity index (χ0v) is 18.3. The minimum Gasteiger partial charge on any atom is -0.480 e. The quantitative estimate of drug-likeness (QED) is 0.514. The van der Waals surface area contributed by atoms with Crippen molar-refractivity contribution in [2.75, 3.05) is 57.7 Å². The molecule has 160 valence electrons. The lowest BCUT2D eigenvalue weighted by Gasteiger charge is -2.32. The summed E-state index contributed by atoms with van der Waals surface area (Å²) in [5, 5.41) is 3.09. The number of nitrogens with zero attached hydrogens (tertiary/aromatic N) is 6. The van der Waals surface area contributed by atoms with Crippen LogP contribution in [0.15, 0.2) is 34.5 Å². The van der Waals surface area contributed by atoms with Gasteiger partial charge in [0.25, 0.3) is 0 Å². The fraction of sp³-hybridized carbons (Fsp3) is 0.421. The first kappa shape index (κ1) is 21.8. The first-order valence-electron chi connectivity index (χ1n) is 9.42. The second-order valence-corrected chi connectivity index (χ2v) is 7.45. The van der Waals surface area contributed by atoms with Crippen LogP contribution in [0.1, 0.15) is 6.92 Å². The van der Waals surface area contributed by atoms with E-state index in [0.29, 0.717) is 33.6 Å². The van der Waals surface area contributed by atoms with Crippen molar-refractivity contribution in [1.29, 1.82) is 0 Å². The molecule has 1 saturated heterocycles. The molecule has 2 aromatic heterocycles. The highest BCUT2D eigenvalue weighted by Gasteiger charge is 2.23. The van der Waals surface area contributed by atoms with E-state index in [1.807, 2.05) is 0 Å². The Morgan fingerprint density at radius 3 is 2.40 bits per heavy atom. The van der Waals surface area contributed by atoms with Crippen molar-refractivity contribution in [3.63, 3.8) is 0 Å². The van der Waals surface area contributed by atoms with Gasteiger partial charge in [-0.3, -0.25) is 4.79 Å². The van der Waals surface area contributed by atoms with Crippen LogP contribution in [0.4, 0.5) is 11.8 Å². The van der Waals surface area contributed by atoms with Gasteiger partial charge in [0, 0.05) is 32.4 Å². The molecule has 1 aliphatic heterocycles. The Hall–Kier alpha value is -2.92. The molecule has 11 heteroatoms.